The second kappa shape index (κ2) is 11.9. The molecule has 2 aromatic rings. The zero-order valence-corrected chi connectivity index (χ0v) is 21.9. The average molecular weight is 493 g/mol. The number of carbonyl (C=O) groups excluding carboxylic acids is 2. The second-order valence-electron chi connectivity index (χ2n) is 10.8. The van der Waals surface area contributed by atoms with Crippen LogP contribution < -0.4 is 15.5 Å². The largest absolute Gasteiger partial charge is 0.379 e. The minimum Gasteiger partial charge on any atom is -0.379 e. The van der Waals surface area contributed by atoms with E-state index in [0.717, 1.165) is 70.9 Å². The Hall–Kier alpha value is -2.90. The molecule has 36 heavy (non-hydrogen) atoms. The van der Waals surface area contributed by atoms with Gasteiger partial charge in [0.2, 0.25) is 0 Å². The summed E-state index contributed by atoms with van der Waals surface area (Å²) in [6.07, 6.45) is 3.15. The molecule has 2 fully saturated rings. The molecule has 0 bridgehead atoms. The van der Waals surface area contributed by atoms with E-state index in [0.29, 0.717) is 23.4 Å². The van der Waals surface area contributed by atoms with Gasteiger partial charge in [0.1, 0.15) is 0 Å². The summed E-state index contributed by atoms with van der Waals surface area (Å²) in [5.74, 6) is -0.272. The number of morpholine rings is 1. The molecule has 2 N–H and O–H groups in total. The summed E-state index contributed by atoms with van der Waals surface area (Å²) in [6.45, 7) is 13.4. The van der Waals surface area contributed by atoms with Crippen LogP contribution in [-0.2, 0) is 10.2 Å². The third kappa shape index (κ3) is 6.86. The van der Waals surface area contributed by atoms with Gasteiger partial charge in [0.25, 0.3) is 11.8 Å². The molecule has 0 atom stereocenters. The Labute approximate surface area is 215 Å². The van der Waals surface area contributed by atoms with Gasteiger partial charge in [0.15, 0.2) is 0 Å². The van der Waals surface area contributed by atoms with Crippen molar-refractivity contribution in [2.45, 2.75) is 45.4 Å². The molecule has 2 aromatic carbocycles. The third-order valence-corrected chi connectivity index (χ3v) is 7.00. The molecule has 2 heterocycles. The van der Waals surface area contributed by atoms with E-state index in [1.54, 1.807) is 0 Å². The molecule has 2 aliphatic heterocycles. The first-order valence-corrected chi connectivity index (χ1v) is 13.2. The van der Waals surface area contributed by atoms with E-state index in [1.807, 2.05) is 42.5 Å². The number of carbonyl (C=O) groups is 2. The molecule has 0 unspecified atom stereocenters. The van der Waals surface area contributed by atoms with Crippen molar-refractivity contribution >= 4 is 23.2 Å². The first-order valence-electron chi connectivity index (χ1n) is 13.2. The van der Waals surface area contributed by atoms with Crippen molar-refractivity contribution in [3.05, 3.63) is 59.2 Å². The monoisotopic (exact) mass is 492 g/mol. The van der Waals surface area contributed by atoms with Crippen LogP contribution in [0.3, 0.4) is 0 Å². The van der Waals surface area contributed by atoms with E-state index in [1.165, 1.54) is 5.56 Å². The van der Waals surface area contributed by atoms with Gasteiger partial charge in [-0.3, -0.25) is 14.5 Å². The fourth-order valence-electron chi connectivity index (χ4n) is 4.78. The van der Waals surface area contributed by atoms with Gasteiger partial charge in [0, 0.05) is 49.7 Å². The van der Waals surface area contributed by atoms with Crippen LogP contribution in [0.1, 0.15) is 66.3 Å². The number of nitrogens with one attached hydrogen (secondary N) is 2. The highest BCUT2D eigenvalue weighted by Gasteiger charge is 2.21. The Bertz CT molecular complexity index is 1030. The van der Waals surface area contributed by atoms with Crippen molar-refractivity contribution in [1.29, 1.82) is 0 Å². The number of anilines is 2. The fourth-order valence-corrected chi connectivity index (χ4v) is 4.78. The minimum absolute atomic E-state index is 0.0326. The highest BCUT2D eigenvalue weighted by molar-refractivity contribution is 6.06. The van der Waals surface area contributed by atoms with E-state index in [9.17, 15) is 9.59 Å². The number of benzene rings is 2. The average Bonchev–Trinajstić information content (AvgIpc) is 3.41. The van der Waals surface area contributed by atoms with Gasteiger partial charge in [-0.1, -0.05) is 32.9 Å². The van der Waals surface area contributed by atoms with Crippen molar-refractivity contribution < 1.29 is 14.3 Å². The minimum atomic E-state index is -0.179. The SMILES string of the molecule is CC(C)(C)c1ccc(C(=O)Nc2ccc(N3CCCC3)c(C(=O)NCCCN3CCOCC3)c2)cc1. The maximum absolute atomic E-state index is 13.2. The molecular weight excluding hydrogens is 452 g/mol. The lowest BCUT2D eigenvalue weighted by Crippen LogP contribution is -2.38. The number of hydrogen-bond donors (Lipinski definition) is 2. The Morgan fingerprint density at radius 3 is 2.28 bits per heavy atom. The van der Waals surface area contributed by atoms with Crippen molar-refractivity contribution in [2.75, 3.05) is 62.7 Å². The van der Waals surface area contributed by atoms with Crippen molar-refractivity contribution in [1.82, 2.24) is 10.2 Å². The molecule has 194 valence electrons. The topological polar surface area (TPSA) is 73.9 Å². The second-order valence-corrected chi connectivity index (χ2v) is 10.8. The molecule has 2 aliphatic rings. The molecule has 0 aromatic heterocycles. The van der Waals surface area contributed by atoms with Gasteiger partial charge >= 0.3 is 0 Å². The highest BCUT2D eigenvalue weighted by atomic mass is 16.5. The predicted molar refractivity (Wildman–Crippen MR) is 145 cm³/mol. The lowest BCUT2D eigenvalue weighted by molar-refractivity contribution is 0.0374. The highest BCUT2D eigenvalue weighted by Crippen LogP contribution is 2.28. The lowest BCUT2D eigenvalue weighted by Gasteiger charge is -2.26. The Morgan fingerprint density at radius 2 is 1.61 bits per heavy atom. The van der Waals surface area contributed by atoms with Gasteiger partial charge in [0.05, 0.1) is 18.8 Å². The normalized spacial score (nSPS) is 16.7. The van der Waals surface area contributed by atoms with Crippen LogP contribution in [0.5, 0.6) is 0 Å². The number of rotatable bonds is 8. The number of amides is 2. The van der Waals surface area contributed by atoms with Crippen LogP contribution >= 0.6 is 0 Å². The Morgan fingerprint density at radius 1 is 0.917 bits per heavy atom. The summed E-state index contributed by atoms with van der Waals surface area (Å²) < 4.78 is 5.40. The van der Waals surface area contributed by atoms with Crippen molar-refractivity contribution in [3.63, 3.8) is 0 Å². The zero-order chi connectivity index (χ0) is 25.5. The zero-order valence-electron chi connectivity index (χ0n) is 21.9. The summed E-state index contributed by atoms with van der Waals surface area (Å²) in [7, 11) is 0. The predicted octanol–water partition coefficient (Wildman–Crippen LogP) is 4.29. The summed E-state index contributed by atoms with van der Waals surface area (Å²) in [5.41, 5.74) is 3.99. The number of nitrogens with zero attached hydrogens (tertiary/aromatic N) is 2. The summed E-state index contributed by atoms with van der Waals surface area (Å²) in [5, 5.41) is 6.08. The molecule has 7 heteroatoms. The maximum atomic E-state index is 13.2. The lowest BCUT2D eigenvalue weighted by atomic mass is 9.87. The van der Waals surface area contributed by atoms with Crippen LogP contribution in [-0.4, -0.2) is 69.2 Å². The van der Waals surface area contributed by atoms with Gasteiger partial charge in [-0.05, 0) is 67.1 Å². The van der Waals surface area contributed by atoms with E-state index in [2.05, 4.69) is 41.2 Å². The standard InChI is InChI=1S/C29H40N4O3/c1-29(2,3)23-9-7-22(8-10-23)27(34)31-24-11-12-26(33-15-4-5-16-33)25(21-24)28(35)30-13-6-14-32-17-19-36-20-18-32/h7-12,21H,4-6,13-20H2,1-3H3,(H,30,35)(H,31,34). The smallest absolute Gasteiger partial charge is 0.255 e. The molecule has 7 nitrogen and oxygen atoms in total. The van der Waals surface area contributed by atoms with Crippen LogP contribution in [0.2, 0.25) is 0 Å². The molecule has 2 saturated heterocycles. The quantitative estimate of drug-likeness (QED) is 0.538. The summed E-state index contributed by atoms with van der Waals surface area (Å²) in [4.78, 5) is 30.8. The number of hydrogen-bond acceptors (Lipinski definition) is 5. The molecule has 2 amide bonds. The molecule has 0 radical (unpaired) electrons. The number of ether oxygens (including phenoxy) is 1. The first-order chi connectivity index (χ1) is 17.3. The van der Waals surface area contributed by atoms with E-state index in [4.69, 9.17) is 4.74 Å². The Kier molecular flexibility index (Phi) is 8.64. The molecule has 4 rings (SSSR count). The van der Waals surface area contributed by atoms with Crippen molar-refractivity contribution in [3.8, 4) is 0 Å². The molecular formula is C29H40N4O3. The molecule has 0 aliphatic carbocycles. The van der Waals surface area contributed by atoms with E-state index >= 15 is 0 Å². The van der Waals surface area contributed by atoms with Gasteiger partial charge < -0.3 is 20.3 Å². The van der Waals surface area contributed by atoms with Crippen LogP contribution in [0.15, 0.2) is 42.5 Å². The van der Waals surface area contributed by atoms with Gasteiger partial charge in [-0.25, -0.2) is 0 Å². The summed E-state index contributed by atoms with van der Waals surface area (Å²) in [6, 6.07) is 13.4. The molecule has 0 spiro atoms. The van der Waals surface area contributed by atoms with Crippen LogP contribution in [0.25, 0.3) is 0 Å². The van der Waals surface area contributed by atoms with Crippen LogP contribution in [0.4, 0.5) is 11.4 Å². The third-order valence-electron chi connectivity index (χ3n) is 7.00. The maximum Gasteiger partial charge on any atom is 0.255 e. The Balaban J connectivity index is 1.42. The summed E-state index contributed by atoms with van der Waals surface area (Å²) >= 11 is 0. The van der Waals surface area contributed by atoms with Crippen molar-refractivity contribution in [2.24, 2.45) is 0 Å². The van der Waals surface area contributed by atoms with E-state index < -0.39 is 0 Å². The first kappa shape index (κ1) is 26.2. The fraction of sp³-hybridized carbons (Fsp3) is 0.517. The molecule has 0 saturated carbocycles. The van der Waals surface area contributed by atoms with Gasteiger partial charge in [-0.15, -0.1) is 0 Å². The van der Waals surface area contributed by atoms with E-state index in [-0.39, 0.29) is 17.2 Å². The van der Waals surface area contributed by atoms with Crippen LogP contribution in [0, 0.1) is 0 Å². The van der Waals surface area contributed by atoms with Gasteiger partial charge in [-0.2, -0.15) is 0 Å².